The van der Waals surface area contributed by atoms with E-state index in [1.807, 2.05) is 0 Å². The quantitative estimate of drug-likeness (QED) is 0.676. The maximum atomic E-state index is 9.37. The molecule has 0 aromatic heterocycles. The highest BCUT2D eigenvalue weighted by Gasteiger charge is 2.17. The van der Waals surface area contributed by atoms with Crippen LogP contribution in [0.2, 0.25) is 0 Å². The average Bonchev–Trinajstić information content (AvgIpc) is 2.65. The van der Waals surface area contributed by atoms with Gasteiger partial charge in [0.25, 0.3) is 0 Å². The molecule has 1 fully saturated rings. The molecule has 1 rings (SSSR count). The summed E-state index contributed by atoms with van der Waals surface area (Å²) in [6.07, 6.45) is 9.11. The SMILES string of the molecule is CCCNC(CO)CCN1CCCC(CCC)CC1. The van der Waals surface area contributed by atoms with Crippen molar-refractivity contribution in [2.24, 2.45) is 5.92 Å². The molecule has 0 aromatic carbocycles. The van der Waals surface area contributed by atoms with Crippen molar-refractivity contribution < 1.29 is 5.11 Å². The Hall–Kier alpha value is -0.120. The van der Waals surface area contributed by atoms with Gasteiger partial charge in [-0.25, -0.2) is 0 Å². The number of aliphatic hydroxyl groups is 1. The van der Waals surface area contributed by atoms with Crippen LogP contribution in [-0.4, -0.2) is 48.8 Å². The van der Waals surface area contributed by atoms with Crippen LogP contribution in [0.15, 0.2) is 0 Å². The van der Waals surface area contributed by atoms with Crippen LogP contribution in [0.5, 0.6) is 0 Å². The minimum absolute atomic E-state index is 0.270. The highest BCUT2D eigenvalue weighted by Crippen LogP contribution is 2.21. The highest BCUT2D eigenvalue weighted by molar-refractivity contribution is 4.73. The molecule has 3 heteroatoms. The van der Waals surface area contributed by atoms with Gasteiger partial charge >= 0.3 is 0 Å². The van der Waals surface area contributed by atoms with Crippen LogP contribution in [-0.2, 0) is 0 Å². The Kier molecular flexibility index (Phi) is 9.48. The zero-order valence-corrected chi connectivity index (χ0v) is 13.0. The molecule has 2 unspecified atom stereocenters. The van der Waals surface area contributed by atoms with E-state index >= 15 is 0 Å². The first-order valence-corrected chi connectivity index (χ1v) is 8.36. The summed E-state index contributed by atoms with van der Waals surface area (Å²) in [5, 5.41) is 12.8. The molecule has 0 amide bonds. The van der Waals surface area contributed by atoms with E-state index in [0.717, 1.165) is 31.8 Å². The lowest BCUT2D eigenvalue weighted by Gasteiger charge is -2.23. The highest BCUT2D eigenvalue weighted by atomic mass is 16.3. The summed E-state index contributed by atoms with van der Waals surface area (Å²) in [4.78, 5) is 2.60. The molecule has 2 atom stereocenters. The normalized spacial score (nSPS) is 23.2. The van der Waals surface area contributed by atoms with Crippen LogP contribution in [0.4, 0.5) is 0 Å². The predicted molar refractivity (Wildman–Crippen MR) is 82.5 cm³/mol. The fraction of sp³-hybridized carbons (Fsp3) is 1.00. The Balaban J connectivity index is 2.21. The third-order valence-electron chi connectivity index (χ3n) is 4.33. The number of hydrogen-bond donors (Lipinski definition) is 2. The van der Waals surface area contributed by atoms with Gasteiger partial charge < -0.3 is 15.3 Å². The first kappa shape index (κ1) is 16.9. The Morgan fingerprint density at radius 1 is 1.21 bits per heavy atom. The van der Waals surface area contributed by atoms with Crippen molar-refractivity contribution in [1.29, 1.82) is 0 Å². The minimum Gasteiger partial charge on any atom is -0.395 e. The lowest BCUT2D eigenvalue weighted by molar-refractivity contribution is 0.207. The zero-order chi connectivity index (χ0) is 13.9. The maximum Gasteiger partial charge on any atom is 0.0585 e. The third kappa shape index (κ3) is 7.28. The standard InChI is InChI=1S/C16H34N2O/c1-3-6-15-7-5-11-18(12-8-15)13-9-16(14-19)17-10-4-2/h15-17,19H,3-14H2,1-2H3. The van der Waals surface area contributed by atoms with Crippen molar-refractivity contribution in [3.8, 4) is 0 Å². The molecule has 1 aliphatic rings. The zero-order valence-electron chi connectivity index (χ0n) is 13.0. The molecule has 0 bridgehead atoms. The molecular weight excluding hydrogens is 236 g/mol. The van der Waals surface area contributed by atoms with Crippen molar-refractivity contribution in [3.63, 3.8) is 0 Å². The topological polar surface area (TPSA) is 35.5 Å². The summed E-state index contributed by atoms with van der Waals surface area (Å²) in [7, 11) is 0. The van der Waals surface area contributed by atoms with Crippen molar-refractivity contribution in [1.82, 2.24) is 10.2 Å². The van der Waals surface area contributed by atoms with Crippen LogP contribution in [0.3, 0.4) is 0 Å². The van der Waals surface area contributed by atoms with E-state index in [1.54, 1.807) is 0 Å². The molecule has 2 N–H and O–H groups in total. The third-order valence-corrected chi connectivity index (χ3v) is 4.33. The predicted octanol–water partition coefficient (Wildman–Crippen LogP) is 2.64. The lowest BCUT2D eigenvalue weighted by Crippen LogP contribution is -2.37. The molecule has 3 nitrogen and oxygen atoms in total. The number of nitrogens with zero attached hydrogens (tertiary/aromatic N) is 1. The Labute approximate surface area is 119 Å². The fourth-order valence-corrected chi connectivity index (χ4v) is 3.09. The number of likely N-dealkylation sites (tertiary alicyclic amines) is 1. The summed E-state index contributed by atoms with van der Waals surface area (Å²) < 4.78 is 0. The monoisotopic (exact) mass is 270 g/mol. The number of aliphatic hydroxyl groups excluding tert-OH is 1. The first-order valence-electron chi connectivity index (χ1n) is 8.36. The second kappa shape index (κ2) is 10.6. The number of nitrogens with one attached hydrogen (secondary N) is 1. The van der Waals surface area contributed by atoms with Gasteiger partial charge in [-0.1, -0.05) is 26.7 Å². The number of rotatable bonds is 9. The van der Waals surface area contributed by atoms with Crippen LogP contribution in [0, 0.1) is 5.92 Å². The van der Waals surface area contributed by atoms with Crippen LogP contribution in [0.1, 0.15) is 58.8 Å². The Bertz CT molecular complexity index is 211. The Morgan fingerprint density at radius 3 is 2.74 bits per heavy atom. The van der Waals surface area contributed by atoms with Gasteiger partial charge in [0.05, 0.1) is 6.61 Å². The van der Waals surface area contributed by atoms with E-state index in [-0.39, 0.29) is 12.6 Å². The first-order chi connectivity index (χ1) is 9.30. The lowest BCUT2D eigenvalue weighted by atomic mass is 9.96. The van der Waals surface area contributed by atoms with Gasteiger partial charge in [-0.05, 0) is 64.2 Å². The molecule has 0 spiro atoms. The largest absolute Gasteiger partial charge is 0.395 e. The minimum atomic E-state index is 0.270. The fourth-order valence-electron chi connectivity index (χ4n) is 3.09. The van der Waals surface area contributed by atoms with Crippen molar-refractivity contribution in [3.05, 3.63) is 0 Å². The smallest absolute Gasteiger partial charge is 0.0585 e. The van der Waals surface area contributed by atoms with Gasteiger partial charge in [0.2, 0.25) is 0 Å². The van der Waals surface area contributed by atoms with Crippen LogP contribution >= 0.6 is 0 Å². The van der Waals surface area contributed by atoms with E-state index in [0.29, 0.717) is 0 Å². The summed E-state index contributed by atoms with van der Waals surface area (Å²) in [6, 6.07) is 0.287. The summed E-state index contributed by atoms with van der Waals surface area (Å²) in [5.74, 6) is 0.960. The summed E-state index contributed by atoms with van der Waals surface area (Å²) in [6.45, 7) is 9.41. The molecular formula is C16H34N2O. The van der Waals surface area contributed by atoms with Gasteiger partial charge in [-0.3, -0.25) is 0 Å². The van der Waals surface area contributed by atoms with E-state index in [1.165, 1.54) is 45.2 Å². The second-order valence-electron chi connectivity index (χ2n) is 6.05. The second-order valence-corrected chi connectivity index (χ2v) is 6.05. The van der Waals surface area contributed by atoms with E-state index in [9.17, 15) is 5.11 Å². The van der Waals surface area contributed by atoms with Crippen LogP contribution in [0.25, 0.3) is 0 Å². The average molecular weight is 270 g/mol. The molecule has 0 saturated carbocycles. The van der Waals surface area contributed by atoms with E-state index < -0.39 is 0 Å². The van der Waals surface area contributed by atoms with E-state index in [4.69, 9.17) is 0 Å². The molecule has 114 valence electrons. The van der Waals surface area contributed by atoms with Crippen LogP contribution < -0.4 is 5.32 Å². The molecule has 1 saturated heterocycles. The molecule has 1 aliphatic heterocycles. The van der Waals surface area contributed by atoms with Gasteiger partial charge in [-0.2, -0.15) is 0 Å². The van der Waals surface area contributed by atoms with E-state index in [2.05, 4.69) is 24.1 Å². The molecule has 0 aromatic rings. The van der Waals surface area contributed by atoms with Crippen molar-refractivity contribution >= 4 is 0 Å². The van der Waals surface area contributed by atoms with Gasteiger partial charge in [0.15, 0.2) is 0 Å². The van der Waals surface area contributed by atoms with Crippen molar-refractivity contribution in [2.45, 2.75) is 64.8 Å². The summed E-state index contributed by atoms with van der Waals surface area (Å²) in [5.41, 5.74) is 0. The molecule has 19 heavy (non-hydrogen) atoms. The van der Waals surface area contributed by atoms with Gasteiger partial charge in [0.1, 0.15) is 0 Å². The molecule has 0 aliphatic carbocycles. The van der Waals surface area contributed by atoms with Gasteiger partial charge in [0, 0.05) is 6.04 Å². The Morgan fingerprint density at radius 2 is 2.05 bits per heavy atom. The molecule has 0 radical (unpaired) electrons. The molecule has 1 heterocycles. The van der Waals surface area contributed by atoms with Gasteiger partial charge in [-0.15, -0.1) is 0 Å². The number of hydrogen-bond acceptors (Lipinski definition) is 3. The summed E-state index contributed by atoms with van der Waals surface area (Å²) >= 11 is 0. The van der Waals surface area contributed by atoms with Crippen molar-refractivity contribution in [2.75, 3.05) is 32.8 Å². The maximum absolute atomic E-state index is 9.37.